The first-order chi connectivity index (χ1) is 12.0. The molecular weight excluding hydrogens is 455 g/mol. The Morgan fingerprint density at radius 1 is 1.16 bits per heavy atom. The lowest BCUT2D eigenvalue weighted by Gasteiger charge is -2.02. The maximum absolute atomic E-state index is 11.1. The molecule has 2 aromatic carbocycles. The van der Waals surface area contributed by atoms with Crippen LogP contribution in [0.5, 0.6) is 0 Å². The van der Waals surface area contributed by atoms with Gasteiger partial charge in [0.2, 0.25) is 0 Å². The van der Waals surface area contributed by atoms with E-state index in [4.69, 9.17) is 21.1 Å². The third-order valence-electron chi connectivity index (χ3n) is 3.34. The number of hydrogen-bond donors (Lipinski definition) is 2. The van der Waals surface area contributed by atoms with Crippen molar-refractivity contribution in [3.63, 3.8) is 0 Å². The molecule has 0 atom stereocenters. The highest BCUT2D eigenvalue weighted by Gasteiger charge is 2.12. The fourth-order valence-electron chi connectivity index (χ4n) is 2.11. The molecule has 126 valence electrons. The average Bonchev–Trinajstić information content (AvgIpc) is 3.05. The zero-order valence-corrected chi connectivity index (χ0v) is 15.7. The quantitative estimate of drug-likeness (QED) is 0.302. The molecule has 3 rings (SSSR count). The Morgan fingerprint density at radius 2 is 1.92 bits per heavy atom. The van der Waals surface area contributed by atoms with Gasteiger partial charge in [0.1, 0.15) is 11.5 Å². The van der Waals surface area contributed by atoms with Crippen LogP contribution in [0.3, 0.4) is 0 Å². The highest BCUT2D eigenvalue weighted by molar-refractivity contribution is 14.1. The summed E-state index contributed by atoms with van der Waals surface area (Å²) < 4.78 is 6.82. The first kappa shape index (κ1) is 17.5. The fourth-order valence-corrected chi connectivity index (χ4v) is 2.68. The molecule has 5 nitrogen and oxygen atoms in total. The minimum atomic E-state index is -1.02. The van der Waals surface area contributed by atoms with Crippen LogP contribution in [0, 0.1) is 3.57 Å². The monoisotopic (exact) mass is 466 g/mol. The van der Waals surface area contributed by atoms with E-state index in [1.807, 2.05) is 24.3 Å². The zero-order valence-electron chi connectivity index (χ0n) is 12.7. The Balaban J connectivity index is 1.76. The minimum absolute atomic E-state index is 0.145. The normalized spacial score (nSPS) is 11.0. The van der Waals surface area contributed by atoms with Crippen LogP contribution in [-0.4, -0.2) is 17.3 Å². The molecule has 0 fully saturated rings. The molecule has 0 amide bonds. The summed E-state index contributed by atoms with van der Waals surface area (Å²) in [5, 5.41) is 13.6. The summed E-state index contributed by atoms with van der Waals surface area (Å²) in [6, 6.07) is 15.7. The van der Waals surface area contributed by atoms with Gasteiger partial charge in [0, 0.05) is 9.13 Å². The zero-order chi connectivity index (χ0) is 17.8. The number of benzene rings is 2. The smallest absolute Gasteiger partial charge is 0.335 e. The van der Waals surface area contributed by atoms with E-state index in [0.717, 1.165) is 9.26 Å². The first-order valence-corrected chi connectivity index (χ1v) is 8.66. The van der Waals surface area contributed by atoms with Crippen molar-refractivity contribution in [1.29, 1.82) is 0 Å². The van der Waals surface area contributed by atoms with Gasteiger partial charge in [-0.2, -0.15) is 5.10 Å². The van der Waals surface area contributed by atoms with Gasteiger partial charge in [-0.15, -0.1) is 0 Å². The van der Waals surface area contributed by atoms with E-state index in [1.54, 1.807) is 12.1 Å². The van der Waals surface area contributed by atoms with Crippen molar-refractivity contribution in [2.75, 3.05) is 5.43 Å². The number of nitrogens with one attached hydrogen (secondary N) is 1. The summed E-state index contributed by atoms with van der Waals surface area (Å²) >= 11 is 8.37. The maximum Gasteiger partial charge on any atom is 0.335 e. The number of rotatable bonds is 5. The summed E-state index contributed by atoms with van der Waals surface area (Å²) in [5.41, 5.74) is 4.43. The third kappa shape index (κ3) is 4.40. The van der Waals surface area contributed by atoms with E-state index >= 15 is 0 Å². The molecule has 0 radical (unpaired) electrons. The van der Waals surface area contributed by atoms with Gasteiger partial charge in [0.05, 0.1) is 22.5 Å². The van der Waals surface area contributed by atoms with Crippen molar-refractivity contribution in [3.05, 3.63) is 74.5 Å². The van der Waals surface area contributed by atoms with Gasteiger partial charge in [-0.1, -0.05) is 11.6 Å². The summed E-state index contributed by atoms with van der Waals surface area (Å²) in [6.45, 7) is 0. The summed E-state index contributed by atoms with van der Waals surface area (Å²) in [4.78, 5) is 11.1. The standard InChI is InChI=1S/C18H12ClIN2O3/c19-16-7-1-11(18(23)24)9-15(16)17-8-6-14(25-17)10-21-22-13-4-2-12(20)3-5-13/h1-10,22H,(H,23,24)/b21-10-. The SMILES string of the molecule is O=C(O)c1ccc(Cl)c(-c2ccc(/C=N\Nc3ccc(I)cc3)o2)c1. The largest absolute Gasteiger partial charge is 0.478 e. The lowest BCUT2D eigenvalue weighted by molar-refractivity contribution is 0.0697. The average molecular weight is 467 g/mol. The fraction of sp³-hybridized carbons (Fsp3) is 0. The molecule has 2 N–H and O–H groups in total. The molecule has 1 aromatic heterocycles. The van der Waals surface area contributed by atoms with Crippen LogP contribution in [0.2, 0.25) is 5.02 Å². The molecule has 3 aromatic rings. The van der Waals surface area contributed by atoms with Gasteiger partial charge >= 0.3 is 5.97 Å². The van der Waals surface area contributed by atoms with Crippen molar-refractivity contribution in [1.82, 2.24) is 0 Å². The maximum atomic E-state index is 11.1. The van der Waals surface area contributed by atoms with E-state index in [-0.39, 0.29) is 5.56 Å². The molecule has 0 aliphatic carbocycles. The highest BCUT2D eigenvalue weighted by atomic mass is 127. The number of carbonyl (C=O) groups is 1. The van der Waals surface area contributed by atoms with Gasteiger partial charge in [-0.25, -0.2) is 4.79 Å². The minimum Gasteiger partial charge on any atom is -0.478 e. The Bertz CT molecular complexity index is 936. The number of hydrogen-bond acceptors (Lipinski definition) is 4. The lowest BCUT2D eigenvalue weighted by Crippen LogP contribution is -1.96. The Labute approximate surface area is 162 Å². The lowest BCUT2D eigenvalue weighted by atomic mass is 10.1. The number of hydrazone groups is 1. The van der Waals surface area contributed by atoms with Crippen LogP contribution < -0.4 is 5.43 Å². The summed E-state index contributed by atoms with van der Waals surface area (Å²) in [7, 11) is 0. The van der Waals surface area contributed by atoms with Gasteiger partial charge in [-0.3, -0.25) is 5.43 Å². The van der Waals surface area contributed by atoms with Crippen LogP contribution in [0.4, 0.5) is 5.69 Å². The second-order valence-electron chi connectivity index (χ2n) is 5.08. The van der Waals surface area contributed by atoms with Crippen LogP contribution in [0.15, 0.2) is 64.1 Å². The van der Waals surface area contributed by atoms with Gasteiger partial charge in [-0.05, 0) is 77.2 Å². The number of aromatic carboxylic acids is 1. The van der Waals surface area contributed by atoms with E-state index in [2.05, 4.69) is 33.1 Å². The van der Waals surface area contributed by atoms with Crippen molar-refractivity contribution < 1.29 is 14.3 Å². The number of nitrogens with zero attached hydrogens (tertiary/aromatic N) is 1. The molecule has 0 saturated heterocycles. The van der Waals surface area contributed by atoms with Crippen LogP contribution in [-0.2, 0) is 0 Å². The molecular formula is C18H12ClIN2O3. The van der Waals surface area contributed by atoms with E-state index < -0.39 is 5.97 Å². The van der Waals surface area contributed by atoms with E-state index in [1.165, 1.54) is 24.4 Å². The predicted molar refractivity (Wildman–Crippen MR) is 106 cm³/mol. The topological polar surface area (TPSA) is 74.8 Å². The molecule has 7 heteroatoms. The molecule has 0 aliphatic rings. The second kappa shape index (κ2) is 7.71. The van der Waals surface area contributed by atoms with Gasteiger partial charge in [0.15, 0.2) is 0 Å². The molecule has 0 bridgehead atoms. The highest BCUT2D eigenvalue weighted by Crippen LogP contribution is 2.30. The number of furan rings is 1. The number of carboxylic acids is 1. The number of anilines is 1. The Morgan fingerprint density at radius 3 is 2.64 bits per heavy atom. The molecule has 0 spiro atoms. The molecule has 0 unspecified atom stereocenters. The third-order valence-corrected chi connectivity index (χ3v) is 4.38. The molecule has 25 heavy (non-hydrogen) atoms. The molecule has 1 heterocycles. The van der Waals surface area contributed by atoms with Crippen molar-refractivity contribution in [3.8, 4) is 11.3 Å². The molecule has 0 saturated carbocycles. The van der Waals surface area contributed by atoms with Crippen molar-refractivity contribution >= 4 is 52.1 Å². The predicted octanol–water partition coefficient (Wildman–Crippen LogP) is 5.35. The Kier molecular flexibility index (Phi) is 5.40. The summed E-state index contributed by atoms with van der Waals surface area (Å²) in [5.74, 6) is -0.0263. The van der Waals surface area contributed by atoms with Crippen LogP contribution >= 0.6 is 34.2 Å². The number of carboxylic acid groups (broad SMARTS) is 1. The molecule has 0 aliphatic heterocycles. The van der Waals surface area contributed by atoms with Crippen LogP contribution in [0.25, 0.3) is 11.3 Å². The number of halogens is 2. The van der Waals surface area contributed by atoms with Gasteiger partial charge < -0.3 is 9.52 Å². The van der Waals surface area contributed by atoms with E-state index in [0.29, 0.717) is 22.1 Å². The Hall–Kier alpha value is -2.32. The summed E-state index contributed by atoms with van der Waals surface area (Å²) in [6.07, 6.45) is 1.54. The van der Waals surface area contributed by atoms with Crippen molar-refractivity contribution in [2.24, 2.45) is 5.10 Å². The van der Waals surface area contributed by atoms with E-state index in [9.17, 15) is 4.79 Å². The van der Waals surface area contributed by atoms with Gasteiger partial charge in [0.25, 0.3) is 0 Å². The van der Waals surface area contributed by atoms with Crippen LogP contribution in [0.1, 0.15) is 16.1 Å². The van der Waals surface area contributed by atoms with Crippen molar-refractivity contribution in [2.45, 2.75) is 0 Å². The second-order valence-corrected chi connectivity index (χ2v) is 6.73. The first-order valence-electron chi connectivity index (χ1n) is 7.20.